The Hall–Kier alpha value is -7.14. The van der Waals surface area contributed by atoms with Gasteiger partial charge in [-0.2, -0.15) is 0 Å². The zero-order valence-electron chi connectivity index (χ0n) is 42.9. The van der Waals surface area contributed by atoms with Gasteiger partial charge in [0.25, 0.3) is 0 Å². The van der Waals surface area contributed by atoms with E-state index in [1.165, 1.54) is 37.9 Å². The lowest BCUT2D eigenvalue weighted by Gasteiger charge is -2.65. The van der Waals surface area contributed by atoms with Crippen LogP contribution in [0.25, 0.3) is 32.3 Å². The highest BCUT2D eigenvalue weighted by atomic mass is 16.5. The summed E-state index contributed by atoms with van der Waals surface area (Å²) in [5.74, 6) is 0.897. The normalized spacial score (nSPS) is 27.5. The first kappa shape index (κ1) is 49.1. The van der Waals surface area contributed by atoms with E-state index in [0.29, 0.717) is 25.9 Å². The van der Waals surface area contributed by atoms with E-state index in [9.17, 15) is 19.2 Å². The summed E-state index contributed by atoms with van der Waals surface area (Å²) in [6.07, 6.45) is 7.65. The molecular formula is C63H70N6O5. The molecule has 0 aliphatic heterocycles. The Kier molecular flexibility index (Phi) is 13.7. The maximum Gasteiger partial charge on any atom is 0.319 e. The zero-order chi connectivity index (χ0) is 51.0. The molecule has 4 aliphatic carbocycles. The maximum absolute atomic E-state index is 14.3. The molecule has 6 amide bonds. The smallest absolute Gasteiger partial charge is 0.319 e. The van der Waals surface area contributed by atoms with Crippen molar-refractivity contribution >= 4 is 73.4 Å². The van der Waals surface area contributed by atoms with Crippen molar-refractivity contribution in [3.63, 3.8) is 0 Å². The van der Waals surface area contributed by atoms with E-state index in [4.69, 9.17) is 4.74 Å². The van der Waals surface area contributed by atoms with Crippen molar-refractivity contribution in [2.75, 3.05) is 22.6 Å². The van der Waals surface area contributed by atoms with Crippen LogP contribution < -0.4 is 31.9 Å². The number of hydrogen-bond acceptors (Lipinski definition) is 5. The highest BCUT2D eigenvalue weighted by Gasteiger charge is 2.66. The molecule has 0 radical (unpaired) electrons. The van der Waals surface area contributed by atoms with Gasteiger partial charge in [-0.1, -0.05) is 130 Å². The van der Waals surface area contributed by atoms with E-state index in [-0.39, 0.29) is 88.5 Å². The number of urea groups is 3. The van der Waals surface area contributed by atoms with Crippen molar-refractivity contribution in [3.8, 4) is 0 Å². The number of nitrogens with one attached hydrogen (secondary N) is 6. The monoisotopic (exact) mass is 991 g/mol. The lowest BCUT2D eigenvalue weighted by molar-refractivity contribution is -0.145. The third kappa shape index (κ3) is 9.62. The summed E-state index contributed by atoms with van der Waals surface area (Å²) < 4.78 is 6.02. The SMILES string of the molecule is C[C@H](CCC(=O)OCCc1ccc2ccc3cccc4ccc1c2c34)[C@H]1CC[C@H]2[C@@H]3[C@H](NC(=O)Nc4ccccc4)C[C@@H]4C[C@H](NC(=O)Nc5ccccc5)CC[C@]4(C)[C@H]3C[C@H](NC(=O)Nc3ccccc3)[C@]12C. The second-order valence-corrected chi connectivity index (χ2v) is 22.6. The van der Waals surface area contributed by atoms with Gasteiger partial charge in [0.15, 0.2) is 0 Å². The van der Waals surface area contributed by atoms with Crippen molar-refractivity contribution in [1.29, 1.82) is 0 Å². The summed E-state index contributed by atoms with van der Waals surface area (Å²) >= 11 is 0. The molecule has 382 valence electrons. The number of fused-ring (bicyclic) bond motifs is 5. The van der Waals surface area contributed by atoms with Gasteiger partial charge >= 0.3 is 24.1 Å². The van der Waals surface area contributed by atoms with Crippen LogP contribution in [0.1, 0.15) is 84.1 Å². The molecule has 11 atom stereocenters. The van der Waals surface area contributed by atoms with Crippen LogP contribution >= 0.6 is 0 Å². The zero-order valence-corrected chi connectivity index (χ0v) is 42.9. The second kappa shape index (κ2) is 20.6. The number of hydrogen-bond donors (Lipinski definition) is 6. The number of carbonyl (C=O) groups is 4. The quantitative estimate of drug-likeness (QED) is 0.0502. The van der Waals surface area contributed by atoms with Gasteiger partial charge in [-0.3, -0.25) is 4.79 Å². The van der Waals surface area contributed by atoms with Crippen LogP contribution in [0.3, 0.4) is 0 Å². The Balaban J connectivity index is 0.826. The maximum atomic E-state index is 14.3. The van der Waals surface area contributed by atoms with Crippen molar-refractivity contribution < 1.29 is 23.9 Å². The molecule has 74 heavy (non-hydrogen) atoms. The fraction of sp³-hybridized carbons (Fsp3) is 0.397. The second-order valence-electron chi connectivity index (χ2n) is 22.6. The fourth-order valence-corrected chi connectivity index (χ4v) is 15.2. The summed E-state index contributed by atoms with van der Waals surface area (Å²) in [7, 11) is 0. The number of benzene rings is 7. The van der Waals surface area contributed by atoms with E-state index in [2.05, 4.69) is 107 Å². The summed E-state index contributed by atoms with van der Waals surface area (Å²) in [4.78, 5) is 55.4. The molecule has 0 heterocycles. The van der Waals surface area contributed by atoms with Crippen LogP contribution in [0.5, 0.6) is 0 Å². The predicted octanol–water partition coefficient (Wildman–Crippen LogP) is 13.5. The van der Waals surface area contributed by atoms with E-state index in [1.54, 1.807) is 0 Å². The first-order valence-electron chi connectivity index (χ1n) is 27.1. The largest absolute Gasteiger partial charge is 0.465 e. The lowest BCUT2D eigenvalue weighted by atomic mass is 9.42. The Labute approximate surface area is 434 Å². The van der Waals surface area contributed by atoms with E-state index < -0.39 is 0 Å². The summed E-state index contributed by atoms with van der Waals surface area (Å²) in [5, 5.41) is 27.2. The number of amides is 6. The topological polar surface area (TPSA) is 150 Å². The van der Waals surface area contributed by atoms with Crippen LogP contribution in [-0.2, 0) is 16.0 Å². The first-order valence-corrected chi connectivity index (χ1v) is 27.1. The molecule has 11 heteroatoms. The highest BCUT2D eigenvalue weighted by molar-refractivity contribution is 6.23. The van der Waals surface area contributed by atoms with Crippen molar-refractivity contribution in [2.45, 2.75) is 103 Å². The Bertz CT molecular complexity index is 3120. The molecule has 0 bridgehead atoms. The predicted molar refractivity (Wildman–Crippen MR) is 296 cm³/mol. The minimum absolute atomic E-state index is 0.0254. The highest BCUT2D eigenvalue weighted by Crippen LogP contribution is 2.68. The van der Waals surface area contributed by atoms with Crippen LogP contribution in [-0.4, -0.2) is 48.8 Å². The van der Waals surface area contributed by atoms with E-state index in [1.807, 2.05) is 91.0 Å². The third-order valence-electron chi connectivity index (χ3n) is 18.7. The van der Waals surface area contributed by atoms with Crippen molar-refractivity contribution in [1.82, 2.24) is 16.0 Å². The lowest BCUT2D eigenvalue weighted by Crippen LogP contribution is -2.68. The molecule has 11 nitrogen and oxygen atoms in total. The number of anilines is 3. The van der Waals surface area contributed by atoms with Gasteiger partial charge in [0.05, 0.1) is 6.61 Å². The fourth-order valence-electron chi connectivity index (χ4n) is 15.2. The minimum Gasteiger partial charge on any atom is -0.465 e. The third-order valence-corrected chi connectivity index (χ3v) is 18.7. The number of carbonyl (C=O) groups excluding carboxylic acids is 4. The van der Waals surface area contributed by atoms with Crippen LogP contribution in [0.4, 0.5) is 31.4 Å². The molecule has 7 aromatic carbocycles. The molecule has 0 saturated heterocycles. The number of esters is 1. The molecule has 4 saturated carbocycles. The van der Waals surface area contributed by atoms with E-state index >= 15 is 0 Å². The van der Waals surface area contributed by atoms with Gasteiger partial charge in [0, 0.05) is 48.0 Å². The van der Waals surface area contributed by atoms with E-state index in [0.717, 1.165) is 62.0 Å². The van der Waals surface area contributed by atoms with Crippen LogP contribution in [0.15, 0.2) is 146 Å². The molecule has 4 aliphatic rings. The molecule has 0 unspecified atom stereocenters. The molecule has 0 aromatic heterocycles. The van der Waals surface area contributed by atoms with Gasteiger partial charge in [0.1, 0.15) is 0 Å². The molecule has 4 fully saturated rings. The van der Waals surface area contributed by atoms with Gasteiger partial charge in [-0.25, -0.2) is 14.4 Å². The molecule has 6 N–H and O–H groups in total. The summed E-state index contributed by atoms with van der Waals surface area (Å²) in [6, 6.07) is 47.3. The Morgan fingerprint density at radius 2 is 1.18 bits per heavy atom. The number of rotatable bonds is 13. The van der Waals surface area contributed by atoms with Gasteiger partial charge in [-0.05, 0) is 172 Å². The molecule has 0 spiro atoms. The van der Waals surface area contributed by atoms with Crippen molar-refractivity contribution in [3.05, 3.63) is 151 Å². The van der Waals surface area contributed by atoms with Crippen LogP contribution in [0, 0.1) is 46.3 Å². The molecule has 11 rings (SSSR count). The summed E-state index contributed by atoms with van der Waals surface area (Å²) in [5.41, 5.74) is 2.94. The molecule has 7 aromatic rings. The van der Waals surface area contributed by atoms with Gasteiger partial charge in [0.2, 0.25) is 0 Å². The molecular weight excluding hydrogens is 921 g/mol. The van der Waals surface area contributed by atoms with Crippen molar-refractivity contribution in [2.24, 2.45) is 46.3 Å². The van der Waals surface area contributed by atoms with Gasteiger partial charge in [-0.15, -0.1) is 0 Å². The van der Waals surface area contributed by atoms with Crippen LogP contribution in [0.2, 0.25) is 0 Å². The number of ether oxygens (including phenoxy) is 1. The standard InChI is InChI=1S/C63H70N6O5/c1-39(22-31-55(70)74-35-33-40-23-24-43-26-25-41-14-13-15-42-27-28-49(40)57(43)56(41)42)50-29-30-51-58-52(38-54(63(50,51)3)69-61(73)66-47-20-11-6-12-21-47)62(2)34-32-48(67-59(71)64-45-16-7-4-8-17-45)36-44(62)37-53(58)68-60(72)65-46-18-9-5-10-19-46/h4-21,23-28,39,44,48,50-54,58H,22,29-38H2,1-3H3,(H2,64,67,71)(H2,65,68,72)(H2,66,69,73)/t39-,44+,48-,50-,51+,52+,53-,54+,58+,62+,63-/m1/s1. The minimum atomic E-state index is -0.346. The Morgan fingerprint density at radius 1 is 0.595 bits per heavy atom. The first-order chi connectivity index (χ1) is 35.9. The van der Waals surface area contributed by atoms with Gasteiger partial charge < -0.3 is 36.6 Å². The Morgan fingerprint density at radius 3 is 1.82 bits per heavy atom. The summed E-state index contributed by atoms with van der Waals surface area (Å²) in [6.45, 7) is 7.44. The average Bonchev–Trinajstić information content (AvgIpc) is 3.77. The average molecular weight is 991 g/mol. The number of para-hydroxylation sites is 3.